The van der Waals surface area contributed by atoms with Gasteiger partial charge in [0.25, 0.3) is 0 Å². The number of unbranched alkanes of at least 4 members (excludes halogenated alkanes) is 1. The predicted molar refractivity (Wildman–Crippen MR) is 72.1 cm³/mol. The minimum absolute atomic E-state index is 1.17. The number of hydrogen-bond acceptors (Lipinski definition) is 1. The lowest BCUT2D eigenvalue weighted by Gasteiger charge is -2.11. The van der Waals surface area contributed by atoms with Crippen LogP contribution in [0.15, 0.2) is 36.4 Å². The van der Waals surface area contributed by atoms with Crippen LogP contribution in [-0.2, 0) is 6.42 Å². The molecule has 2 aromatic rings. The molecule has 0 saturated heterocycles. The highest BCUT2D eigenvalue weighted by molar-refractivity contribution is 5.96. The van der Waals surface area contributed by atoms with E-state index < -0.39 is 0 Å². The Morgan fingerprint density at radius 3 is 2.50 bits per heavy atom. The first-order valence-corrected chi connectivity index (χ1v) is 6.05. The van der Waals surface area contributed by atoms with E-state index >= 15 is 0 Å². The number of benzene rings is 2. The van der Waals surface area contributed by atoms with Gasteiger partial charge in [-0.3, -0.25) is 0 Å². The van der Waals surface area contributed by atoms with Gasteiger partial charge in [0.1, 0.15) is 0 Å². The molecule has 0 spiro atoms. The summed E-state index contributed by atoms with van der Waals surface area (Å²) in [5, 5.41) is 6.01. The molecule has 84 valence electrons. The van der Waals surface area contributed by atoms with Gasteiger partial charge < -0.3 is 5.32 Å². The average Bonchev–Trinajstić information content (AvgIpc) is 2.35. The predicted octanol–water partition coefficient (Wildman–Crippen LogP) is 4.22. The van der Waals surface area contributed by atoms with Gasteiger partial charge in [0.2, 0.25) is 0 Å². The van der Waals surface area contributed by atoms with Gasteiger partial charge in [0, 0.05) is 18.1 Å². The summed E-state index contributed by atoms with van der Waals surface area (Å²) in [4.78, 5) is 0. The summed E-state index contributed by atoms with van der Waals surface area (Å²) in [5.41, 5.74) is 2.70. The smallest absolute Gasteiger partial charge is 0.0420 e. The van der Waals surface area contributed by atoms with Crippen LogP contribution < -0.4 is 5.32 Å². The molecule has 1 N–H and O–H groups in total. The van der Waals surface area contributed by atoms with Crippen molar-refractivity contribution >= 4 is 16.5 Å². The fraction of sp³-hybridized carbons (Fsp3) is 0.333. The van der Waals surface area contributed by atoms with Gasteiger partial charge in [-0.15, -0.1) is 0 Å². The number of aryl methyl sites for hydroxylation is 1. The molecule has 0 atom stereocenters. The number of anilines is 1. The van der Waals surface area contributed by atoms with E-state index in [2.05, 4.69) is 48.6 Å². The maximum atomic E-state index is 3.29. The normalized spacial score (nSPS) is 10.6. The summed E-state index contributed by atoms with van der Waals surface area (Å²) in [6.07, 6.45) is 3.68. The third-order valence-electron chi connectivity index (χ3n) is 3.06. The summed E-state index contributed by atoms with van der Waals surface area (Å²) < 4.78 is 0. The van der Waals surface area contributed by atoms with Crippen LogP contribution in [0.3, 0.4) is 0 Å². The molecule has 0 amide bonds. The van der Waals surface area contributed by atoms with E-state index in [1.165, 1.54) is 41.3 Å². The monoisotopic (exact) mass is 213 g/mol. The highest BCUT2D eigenvalue weighted by Crippen LogP contribution is 2.27. The lowest BCUT2D eigenvalue weighted by atomic mass is 9.99. The third kappa shape index (κ3) is 2.04. The molecule has 1 nitrogen and oxygen atoms in total. The highest BCUT2D eigenvalue weighted by Gasteiger charge is 2.04. The summed E-state index contributed by atoms with van der Waals surface area (Å²) in [7, 11) is 1.99. The van der Waals surface area contributed by atoms with E-state index in [0.29, 0.717) is 0 Å². The van der Waals surface area contributed by atoms with Crippen LogP contribution in [0.5, 0.6) is 0 Å². The van der Waals surface area contributed by atoms with Crippen molar-refractivity contribution in [1.29, 1.82) is 0 Å². The highest BCUT2D eigenvalue weighted by atomic mass is 14.8. The molecule has 1 heteroatoms. The SMILES string of the molecule is CCCCc1cccc2cccc(NC)c12. The maximum absolute atomic E-state index is 3.29. The van der Waals surface area contributed by atoms with Crippen LogP contribution in [0.4, 0.5) is 5.69 Å². The first-order valence-electron chi connectivity index (χ1n) is 6.05. The zero-order valence-electron chi connectivity index (χ0n) is 10.1. The number of hydrogen-bond donors (Lipinski definition) is 1. The van der Waals surface area contributed by atoms with Gasteiger partial charge in [-0.05, 0) is 29.9 Å². The lowest BCUT2D eigenvalue weighted by molar-refractivity contribution is 0.799. The molecule has 0 unspecified atom stereocenters. The van der Waals surface area contributed by atoms with E-state index in [-0.39, 0.29) is 0 Å². The van der Waals surface area contributed by atoms with Crippen molar-refractivity contribution in [3.63, 3.8) is 0 Å². The minimum Gasteiger partial charge on any atom is -0.388 e. The van der Waals surface area contributed by atoms with Crippen LogP contribution in [0.2, 0.25) is 0 Å². The van der Waals surface area contributed by atoms with E-state index in [9.17, 15) is 0 Å². The summed E-state index contributed by atoms with van der Waals surface area (Å²) >= 11 is 0. The standard InChI is InChI=1S/C15H19N/c1-3-4-7-12-8-5-9-13-10-6-11-14(16-2)15(12)13/h5-6,8-11,16H,3-4,7H2,1-2H3. The number of fused-ring (bicyclic) bond motifs is 1. The number of rotatable bonds is 4. The number of nitrogens with one attached hydrogen (secondary N) is 1. The molecule has 0 radical (unpaired) electrons. The molecule has 0 aliphatic rings. The van der Waals surface area contributed by atoms with Crippen molar-refractivity contribution in [3.05, 3.63) is 42.0 Å². The van der Waals surface area contributed by atoms with Crippen LogP contribution in [-0.4, -0.2) is 7.05 Å². The Hall–Kier alpha value is -1.50. The maximum Gasteiger partial charge on any atom is 0.0420 e. The van der Waals surface area contributed by atoms with Gasteiger partial charge in [0.15, 0.2) is 0 Å². The van der Waals surface area contributed by atoms with Crippen LogP contribution in [0.1, 0.15) is 25.3 Å². The van der Waals surface area contributed by atoms with E-state index in [0.717, 1.165) is 0 Å². The largest absolute Gasteiger partial charge is 0.388 e. The average molecular weight is 213 g/mol. The lowest BCUT2D eigenvalue weighted by Crippen LogP contribution is -1.93. The molecular formula is C15H19N. The molecular weight excluding hydrogens is 194 g/mol. The second kappa shape index (κ2) is 5.02. The molecule has 16 heavy (non-hydrogen) atoms. The Morgan fingerprint density at radius 1 is 1.06 bits per heavy atom. The van der Waals surface area contributed by atoms with Crippen LogP contribution >= 0.6 is 0 Å². The second-order valence-electron chi connectivity index (χ2n) is 4.17. The van der Waals surface area contributed by atoms with Crippen LogP contribution in [0.25, 0.3) is 10.8 Å². The van der Waals surface area contributed by atoms with Crippen molar-refractivity contribution in [1.82, 2.24) is 0 Å². The summed E-state index contributed by atoms with van der Waals surface area (Å²) in [5.74, 6) is 0. The molecule has 0 fully saturated rings. The first kappa shape index (κ1) is 11.0. The fourth-order valence-electron chi connectivity index (χ4n) is 2.20. The molecule has 2 aromatic carbocycles. The van der Waals surface area contributed by atoms with Gasteiger partial charge in [0.05, 0.1) is 0 Å². The fourth-order valence-corrected chi connectivity index (χ4v) is 2.20. The molecule has 0 aromatic heterocycles. The molecule has 2 rings (SSSR count). The van der Waals surface area contributed by atoms with Crippen molar-refractivity contribution < 1.29 is 0 Å². The van der Waals surface area contributed by atoms with Crippen molar-refractivity contribution in [2.45, 2.75) is 26.2 Å². The molecule has 0 heterocycles. The zero-order valence-corrected chi connectivity index (χ0v) is 10.1. The second-order valence-corrected chi connectivity index (χ2v) is 4.17. The quantitative estimate of drug-likeness (QED) is 0.801. The Labute approximate surface area is 97.5 Å². The molecule has 0 aliphatic heterocycles. The topological polar surface area (TPSA) is 12.0 Å². The third-order valence-corrected chi connectivity index (χ3v) is 3.06. The Kier molecular flexibility index (Phi) is 3.45. The Morgan fingerprint density at radius 2 is 1.81 bits per heavy atom. The minimum atomic E-state index is 1.17. The zero-order chi connectivity index (χ0) is 11.4. The summed E-state index contributed by atoms with van der Waals surface area (Å²) in [6.45, 7) is 2.24. The van der Waals surface area contributed by atoms with Gasteiger partial charge in [-0.25, -0.2) is 0 Å². The van der Waals surface area contributed by atoms with Gasteiger partial charge in [-0.2, -0.15) is 0 Å². The van der Waals surface area contributed by atoms with E-state index in [1.807, 2.05) is 7.05 Å². The van der Waals surface area contributed by atoms with Crippen molar-refractivity contribution in [3.8, 4) is 0 Å². The Balaban J connectivity index is 2.54. The first-order chi connectivity index (χ1) is 7.86. The van der Waals surface area contributed by atoms with E-state index in [1.54, 1.807) is 0 Å². The summed E-state index contributed by atoms with van der Waals surface area (Å²) in [6, 6.07) is 13.0. The van der Waals surface area contributed by atoms with Crippen LogP contribution in [0, 0.1) is 0 Å². The van der Waals surface area contributed by atoms with Crippen molar-refractivity contribution in [2.24, 2.45) is 0 Å². The molecule has 0 bridgehead atoms. The van der Waals surface area contributed by atoms with Crippen molar-refractivity contribution in [2.75, 3.05) is 12.4 Å². The van der Waals surface area contributed by atoms with Gasteiger partial charge in [-0.1, -0.05) is 43.7 Å². The van der Waals surface area contributed by atoms with Gasteiger partial charge >= 0.3 is 0 Å². The van der Waals surface area contributed by atoms with E-state index in [4.69, 9.17) is 0 Å². The molecule has 0 saturated carbocycles. The Bertz CT molecular complexity index is 469. The molecule has 0 aliphatic carbocycles.